The molecule has 0 aliphatic carbocycles. The lowest BCUT2D eigenvalue weighted by Crippen LogP contribution is -2.36. The highest BCUT2D eigenvalue weighted by Gasteiger charge is 2.27. The van der Waals surface area contributed by atoms with Crippen LogP contribution < -0.4 is 5.32 Å². The maximum Gasteiger partial charge on any atom is 0.335 e. The second-order valence-electron chi connectivity index (χ2n) is 4.88. The Kier molecular flexibility index (Phi) is 4.74. The van der Waals surface area contributed by atoms with Crippen LogP contribution in [-0.2, 0) is 16.0 Å². The quantitative estimate of drug-likeness (QED) is 0.635. The van der Waals surface area contributed by atoms with Crippen LogP contribution in [0.15, 0.2) is 18.2 Å². The Labute approximate surface area is 117 Å². The molecular formula is C15H19NO4. The maximum atomic E-state index is 12.1. The van der Waals surface area contributed by atoms with Gasteiger partial charge in [-0.3, -0.25) is 0 Å². The van der Waals surface area contributed by atoms with Crippen molar-refractivity contribution >= 4 is 11.9 Å². The molecule has 2 rings (SSSR count). The summed E-state index contributed by atoms with van der Waals surface area (Å²) in [5, 5.41) is 12.1. The molecule has 0 saturated heterocycles. The lowest BCUT2D eigenvalue weighted by atomic mass is 9.92. The number of hydrogen-bond donors (Lipinski definition) is 2. The zero-order chi connectivity index (χ0) is 14.5. The highest BCUT2D eigenvalue weighted by molar-refractivity contribution is 5.88. The monoisotopic (exact) mass is 277 g/mol. The van der Waals surface area contributed by atoms with Gasteiger partial charge in [-0.1, -0.05) is 19.4 Å². The van der Waals surface area contributed by atoms with Crippen molar-refractivity contribution < 1.29 is 19.4 Å². The third kappa shape index (κ3) is 3.17. The molecule has 1 aromatic rings. The van der Waals surface area contributed by atoms with E-state index in [2.05, 4.69) is 5.32 Å². The first-order valence-corrected chi connectivity index (χ1v) is 6.89. The molecule has 1 heterocycles. The van der Waals surface area contributed by atoms with Crippen LogP contribution in [0.4, 0.5) is 0 Å². The molecule has 0 bridgehead atoms. The number of carboxylic acids is 1. The summed E-state index contributed by atoms with van der Waals surface area (Å²) >= 11 is 0. The molecule has 0 radical (unpaired) electrons. The van der Waals surface area contributed by atoms with Gasteiger partial charge in [-0.05, 0) is 36.1 Å². The molecule has 20 heavy (non-hydrogen) atoms. The number of carbonyl (C=O) groups excluding carboxylic acids is 1. The van der Waals surface area contributed by atoms with E-state index in [0.29, 0.717) is 13.2 Å². The van der Waals surface area contributed by atoms with E-state index in [1.165, 1.54) is 6.07 Å². The second kappa shape index (κ2) is 6.52. The van der Waals surface area contributed by atoms with E-state index in [1.807, 2.05) is 6.92 Å². The Morgan fingerprint density at radius 2 is 2.25 bits per heavy atom. The van der Waals surface area contributed by atoms with Crippen LogP contribution in [0.2, 0.25) is 0 Å². The zero-order valence-corrected chi connectivity index (χ0v) is 11.5. The summed E-state index contributed by atoms with van der Waals surface area (Å²) in [4.78, 5) is 23.0. The number of rotatable bonds is 5. The summed E-state index contributed by atoms with van der Waals surface area (Å²) in [6.07, 6.45) is 2.54. The lowest BCUT2D eigenvalue weighted by Gasteiger charge is -2.25. The SMILES string of the molecule is CCCCOC(=O)C1NCCc2cc(C(=O)O)ccc21. The van der Waals surface area contributed by atoms with Crippen molar-refractivity contribution in [3.8, 4) is 0 Å². The van der Waals surface area contributed by atoms with Gasteiger partial charge < -0.3 is 15.2 Å². The molecule has 0 amide bonds. The summed E-state index contributed by atoms with van der Waals surface area (Å²) in [6, 6.07) is 4.39. The average Bonchev–Trinajstić information content (AvgIpc) is 2.46. The van der Waals surface area contributed by atoms with Crippen molar-refractivity contribution in [2.45, 2.75) is 32.2 Å². The summed E-state index contributed by atoms with van der Waals surface area (Å²) < 4.78 is 5.24. The predicted molar refractivity (Wildman–Crippen MR) is 73.7 cm³/mol. The minimum atomic E-state index is -0.951. The third-order valence-corrected chi connectivity index (χ3v) is 3.42. The molecule has 108 valence electrons. The fourth-order valence-electron chi connectivity index (χ4n) is 2.31. The summed E-state index contributed by atoms with van der Waals surface area (Å²) in [7, 11) is 0. The van der Waals surface area contributed by atoms with Crippen LogP contribution in [0.5, 0.6) is 0 Å². The number of fused-ring (bicyclic) bond motifs is 1. The van der Waals surface area contributed by atoms with E-state index in [1.54, 1.807) is 12.1 Å². The van der Waals surface area contributed by atoms with Gasteiger partial charge in [0.15, 0.2) is 0 Å². The normalized spacial score (nSPS) is 17.4. The van der Waals surface area contributed by atoms with Crippen LogP contribution >= 0.6 is 0 Å². The Hall–Kier alpha value is -1.88. The topological polar surface area (TPSA) is 75.6 Å². The average molecular weight is 277 g/mol. The summed E-state index contributed by atoms with van der Waals surface area (Å²) in [5.41, 5.74) is 1.98. The molecule has 0 spiro atoms. The standard InChI is InChI=1S/C15H19NO4/c1-2-3-8-20-15(19)13-12-5-4-11(14(17)18)9-10(12)6-7-16-13/h4-5,9,13,16H,2-3,6-8H2,1H3,(H,17,18). The molecule has 0 aromatic heterocycles. The number of benzene rings is 1. The Bertz CT molecular complexity index is 513. The van der Waals surface area contributed by atoms with Crippen LogP contribution in [0.3, 0.4) is 0 Å². The van der Waals surface area contributed by atoms with Gasteiger partial charge in [0.1, 0.15) is 6.04 Å². The molecule has 1 atom stereocenters. The molecule has 1 aliphatic rings. The van der Waals surface area contributed by atoms with Crippen molar-refractivity contribution in [2.75, 3.05) is 13.2 Å². The maximum absolute atomic E-state index is 12.1. The number of hydrogen-bond acceptors (Lipinski definition) is 4. The summed E-state index contributed by atoms with van der Waals surface area (Å²) in [5.74, 6) is -1.24. The van der Waals surface area contributed by atoms with E-state index in [4.69, 9.17) is 9.84 Å². The highest BCUT2D eigenvalue weighted by Crippen LogP contribution is 2.25. The number of nitrogens with one attached hydrogen (secondary N) is 1. The fourth-order valence-corrected chi connectivity index (χ4v) is 2.31. The Morgan fingerprint density at radius 3 is 2.95 bits per heavy atom. The van der Waals surface area contributed by atoms with Gasteiger partial charge in [0.05, 0.1) is 12.2 Å². The van der Waals surface area contributed by atoms with Crippen molar-refractivity contribution in [2.24, 2.45) is 0 Å². The fraction of sp³-hybridized carbons (Fsp3) is 0.467. The lowest BCUT2D eigenvalue weighted by molar-refractivity contribution is -0.146. The minimum Gasteiger partial charge on any atom is -0.478 e. The molecule has 0 fully saturated rings. The molecule has 1 aliphatic heterocycles. The smallest absolute Gasteiger partial charge is 0.335 e. The number of unbranched alkanes of at least 4 members (excludes halogenated alkanes) is 1. The molecule has 1 unspecified atom stereocenters. The van der Waals surface area contributed by atoms with Gasteiger partial charge in [-0.15, -0.1) is 0 Å². The molecule has 1 aromatic carbocycles. The molecule has 5 heteroatoms. The number of esters is 1. The van der Waals surface area contributed by atoms with E-state index < -0.39 is 12.0 Å². The van der Waals surface area contributed by atoms with Gasteiger partial charge in [-0.2, -0.15) is 0 Å². The van der Waals surface area contributed by atoms with Crippen molar-refractivity contribution in [3.63, 3.8) is 0 Å². The number of carboxylic acid groups (broad SMARTS) is 1. The van der Waals surface area contributed by atoms with Crippen LogP contribution in [0.25, 0.3) is 0 Å². The number of carbonyl (C=O) groups is 2. The molecular weight excluding hydrogens is 258 g/mol. The van der Waals surface area contributed by atoms with Gasteiger partial charge in [-0.25, -0.2) is 9.59 Å². The minimum absolute atomic E-state index is 0.253. The first-order valence-electron chi connectivity index (χ1n) is 6.89. The van der Waals surface area contributed by atoms with E-state index in [-0.39, 0.29) is 11.5 Å². The largest absolute Gasteiger partial charge is 0.478 e. The van der Waals surface area contributed by atoms with Crippen LogP contribution in [0, 0.1) is 0 Å². The van der Waals surface area contributed by atoms with E-state index >= 15 is 0 Å². The highest BCUT2D eigenvalue weighted by atomic mass is 16.5. The van der Waals surface area contributed by atoms with Crippen LogP contribution in [-0.4, -0.2) is 30.2 Å². The first-order chi connectivity index (χ1) is 9.63. The third-order valence-electron chi connectivity index (χ3n) is 3.42. The Morgan fingerprint density at radius 1 is 1.45 bits per heavy atom. The number of aromatic carboxylic acids is 1. The van der Waals surface area contributed by atoms with Gasteiger partial charge in [0.2, 0.25) is 0 Å². The van der Waals surface area contributed by atoms with E-state index in [0.717, 1.165) is 30.4 Å². The molecule has 2 N–H and O–H groups in total. The predicted octanol–water partition coefficient (Wildman–Crippen LogP) is 1.91. The van der Waals surface area contributed by atoms with Gasteiger partial charge in [0, 0.05) is 6.54 Å². The summed E-state index contributed by atoms with van der Waals surface area (Å²) in [6.45, 7) is 3.11. The van der Waals surface area contributed by atoms with Crippen molar-refractivity contribution in [1.82, 2.24) is 5.32 Å². The molecule has 0 saturated carbocycles. The zero-order valence-electron chi connectivity index (χ0n) is 11.5. The van der Waals surface area contributed by atoms with E-state index in [9.17, 15) is 9.59 Å². The van der Waals surface area contributed by atoms with Crippen molar-refractivity contribution in [3.05, 3.63) is 34.9 Å². The van der Waals surface area contributed by atoms with Crippen molar-refractivity contribution in [1.29, 1.82) is 0 Å². The Balaban J connectivity index is 2.15. The van der Waals surface area contributed by atoms with Gasteiger partial charge in [0.25, 0.3) is 0 Å². The van der Waals surface area contributed by atoms with Gasteiger partial charge >= 0.3 is 11.9 Å². The van der Waals surface area contributed by atoms with Crippen LogP contribution in [0.1, 0.15) is 47.3 Å². The molecule has 5 nitrogen and oxygen atoms in total. The number of ether oxygens (including phenoxy) is 1. The second-order valence-corrected chi connectivity index (χ2v) is 4.88. The first kappa shape index (κ1) is 14.5.